The molecule has 0 aliphatic rings. The van der Waals surface area contributed by atoms with Crippen LogP contribution in [-0.2, 0) is 14.8 Å². The number of carbonyl (C=O) groups is 1. The Kier molecular flexibility index (Phi) is 6.85. The van der Waals surface area contributed by atoms with Gasteiger partial charge in [-0.1, -0.05) is 37.3 Å². The van der Waals surface area contributed by atoms with Gasteiger partial charge >= 0.3 is 0 Å². The smallest absolute Gasteiger partial charge is 0.244 e. The van der Waals surface area contributed by atoms with E-state index in [0.717, 1.165) is 21.9 Å². The fraction of sp³-hybridized carbons (Fsp3) is 0.350. The molecule has 0 spiro atoms. The maximum atomic E-state index is 12.8. The number of sulfonamides is 1. The number of anilines is 1. The van der Waals surface area contributed by atoms with Crippen molar-refractivity contribution in [1.29, 1.82) is 0 Å². The molecule has 27 heavy (non-hydrogen) atoms. The van der Waals surface area contributed by atoms with Crippen molar-refractivity contribution in [3.8, 4) is 5.75 Å². The fourth-order valence-corrected chi connectivity index (χ4v) is 4.11. The summed E-state index contributed by atoms with van der Waals surface area (Å²) in [5.41, 5.74) is 1.39. The fourth-order valence-electron chi connectivity index (χ4n) is 2.93. The van der Waals surface area contributed by atoms with E-state index in [1.54, 1.807) is 44.4 Å². The van der Waals surface area contributed by atoms with E-state index in [0.29, 0.717) is 12.1 Å². The van der Waals surface area contributed by atoms with Gasteiger partial charge in [-0.15, -0.1) is 0 Å². The van der Waals surface area contributed by atoms with Crippen molar-refractivity contribution in [3.63, 3.8) is 0 Å². The van der Waals surface area contributed by atoms with Gasteiger partial charge in [-0.05, 0) is 43.2 Å². The molecule has 0 unspecified atom stereocenters. The molecule has 0 fully saturated rings. The molecular weight excluding hydrogens is 364 g/mol. The van der Waals surface area contributed by atoms with Gasteiger partial charge in [-0.25, -0.2) is 8.42 Å². The molecule has 0 radical (unpaired) electrons. The van der Waals surface area contributed by atoms with Crippen LogP contribution in [-0.4, -0.2) is 33.7 Å². The lowest BCUT2D eigenvalue weighted by atomic mass is 10.0. The number of nitrogens with one attached hydrogen (secondary N) is 1. The third kappa shape index (κ3) is 5.23. The maximum Gasteiger partial charge on any atom is 0.244 e. The first-order valence-electron chi connectivity index (χ1n) is 8.76. The molecule has 2 aromatic rings. The minimum Gasteiger partial charge on any atom is -0.497 e. The van der Waals surface area contributed by atoms with E-state index in [2.05, 4.69) is 5.32 Å². The molecule has 0 aliphatic heterocycles. The number of hydrogen-bond donors (Lipinski definition) is 1. The summed E-state index contributed by atoms with van der Waals surface area (Å²) in [5, 5.41) is 2.96. The zero-order chi connectivity index (χ0) is 20.0. The second kappa shape index (κ2) is 8.90. The number of benzene rings is 2. The predicted octanol–water partition coefficient (Wildman–Crippen LogP) is 3.12. The molecule has 6 nitrogen and oxygen atoms in total. The van der Waals surface area contributed by atoms with Crippen LogP contribution in [0.4, 0.5) is 5.69 Å². The minimum atomic E-state index is -3.62. The monoisotopic (exact) mass is 390 g/mol. The van der Waals surface area contributed by atoms with Crippen LogP contribution in [0.25, 0.3) is 0 Å². The van der Waals surface area contributed by atoms with Crippen LogP contribution in [0.5, 0.6) is 5.75 Å². The molecule has 0 aliphatic carbocycles. The molecule has 0 bridgehead atoms. The van der Waals surface area contributed by atoms with Crippen molar-refractivity contribution in [2.75, 3.05) is 17.7 Å². The standard InChI is InChI=1S/C20H26N2O4S/c1-5-19(16-11-13-18(26-3)14-12-16)21-20(23)15(2)22(27(4,24)25)17-9-7-6-8-10-17/h6-15,19H,5H2,1-4H3,(H,21,23)/t15-,19+/m1/s1. The summed E-state index contributed by atoms with van der Waals surface area (Å²) < 4.78 is 30.9. The lowest BCUT2D eigenvalue weighted by Gasteiger charge is -2.29. The molecule has 0 aromatic heterocycles. The largest absolute Gasteiger partial charge is 0.497 e. The molecule has 2 rings (SSSR count). The van der Waals surface area contributed by atoms with Crippen LogP contribution >= 0.6 is 0 Å². The molecule has 146 valence electrons. The van der Waals surface area contributed by atoms with Crippen molar-refractivity contribution in [2.45, 2.75) is 32.4 Å². The van der Waals surface area contributed by atoms with Gasteiger partial charge in [0, 0.05) is 0 Å². The van der Waals surface area contributed by atoms with E-state index in [9.17, 15) is 13.2 Å². The van der Waals surface area contributed by atoms with E-state index in [-0.39, 0.29) is 11.9 Å². The topological polar surface area (TPSA) is 75.7 Å². The first kappa shape index (κ1) is 20.8. The summed E-state index contributed by atoms with van der Waals surface area (Å²) in [6, 6.07) is 15.0. The number of para-hydroxylation sites is 1. The van der Waals surface area contributed by atoms with Gasteiger partial charge in [-0.3, -0.25) is 9.10 Å². The Labute approximate surface area is 161 Å². The summed E-state index contributed by atoms with van der Waals surface area (Å²) in [6.45, 7) is 3.55. The highest BCUT2D eigenvalue weighted by atomic mass is 32.2. The number of nitrogens with zero attached hydrogens (tertiary/aromatic N) is 1. The number of ether oxygens (including phenoxy) is 1. The molecule has 1 N–H and O–H groups in total. The van der Waals surface area contributed by atoms with E-state index in [1.165, 1.54) is 0 Å². The Bertz CT molecular complexity index is 851. The Hall–Kier alpha value is -2.54. The molecular formula is C20H26N2O4S. The number of hydrogen-bond acceptors (Lipinski definition) is 4. The van der Waals surface area contributed by atoms with Gasteiger partial charge in [0.2, 0.25) is 15.9 Å². The van der Waals surface area contributed by atoms with Crippen molar-refractivity contribution >= 4 is 21.6 Å². The van der Waals surface area contributed by atoms with E-state index < -0.39 is 16.1 Å². The van der Waals surface area contributed by atoms with Crippen LogP contribution in [0.2, 0.25) is 0 Å². The lowest BCUT2D eigenvalue weighted by Crippen LogP contribution is -2.48. The van der Waals surface area contributed by atoms with Gasteiger partial charge < -0.3 is 10.1 Å². The highest BCUT2D eigenvalue weighted by Gasteiger charge is 2.30. The molecule has 7 heteroatoms. The molecule has 0 heterocycles. The quantitative estimate of drug-likeness (QED) is 0.751. The summed E-state index contributed by atoms with van der Waals surface area (Å²) in [6.07, 6.45) is 1.78. The molecule has 0 saturated heterocycles. The summed E-state index contributed by atoms with van der Waals surface area (Å²) in [7, 11) is -2.03. The number of amides is 1. The molecule has 2 aromatic carbocycles. The molecule has 2 atom stereocenters. The number of carbonyl (C=O) groups excluding carboxylic acids is 1. The SMILES string of the molecule is CC[C@H](NC(=O)[C@@H](C)N(c1ccccc1)S(C)(=O)=O)c1ccc(OC)cc1. The zero-order valence-electron chi connectivity index (χ0n) is 16.0. The van der Waals surface area contributed by atoms with Crippen molar-refractivity contribution in [3.05, 3.63) is 60.2 Å². The van der Waals surface area contributed by atoms with Crippen LogP contribution in [0.3, 0.4) is 0 Å². The third-order valence-electron chi connectivity index (χ3n) is 4.34. The first-order chi connectivity index (χ1) is 12.8. The van der Waals surface area contributed by atoms with E-state index in [1.807, 2.05) is 31.2 Å². The Morgan fingerprint density at radius 2 is 1.70 bits per heavy atom. The number of rotatable bonds is 8. The molecule has 1 amide bonds. The van der Waals surface area contributed by atoms with Gasteiger partial charge in [0.25, 0.3) is 0 Å². The Morgan fingerprint density at radius 1 is 1.11 bits per heavy atom. The molecule has 0 saturated carbocycles. The van der Waals surface area contributed by atoms with Gasteiger partial charge in [-0.2, -0.15) is 0 Å². The average Bonchev–Trinajstić information content (AvgIpc) is 2.65. The van der Waals surface area contributed by atoms with Crippen LogP contribution in [0.1, 0.15) is 31.9 Å². The highest BCUT2D eigenvalue weighted by molar-refractivity contribution is 7.92. The summed E-state index contributed by atoms with van der Waals surface area (Å²) in [4.78, 5) is 12.8. The van der Waals surface area contributed by atoms with Crippen LogP contribution < -0.4 is 14.4 Å². The normalized spacial score (nSPS) is 13.5. The second-order valence-corrected chi connectivity index (χ2v) is 8.17. The highest BCUT2D eigenvalue weighted by Crippen LogP contribution is 2.23. The van der Waals surface area contributed by atoms with Crippen molar-refractivity contribution in [1.82, 2.24) is 5.32 Å². The zero-order valence-corrected chi connectivity index (χ0v) is 16.9. The summed E-state index contributed by atoms with van der Waals surface area (Å²) >= 11 is 0. The van der Waals surface area contributed by atoms with Crippen molar-refractivity contribution in [2.24, 2.45) is 0 Å². The van der Waals surface area contributed by atoms with E-state index in [4.69, 9.17) is 4.74 Å². The summed E-state index contributed by atoms with van der Waals surface area (Å²) in [5.74, 6) is 0.382. The van der Waals surface area contributed by atoms with E-state index >= 15 is 0 Å². The first-order valence-corrected chi connectivity index (χ1v) is 10.6. The van der Waals surface area contributed by atoms with Crippen LogP contribution in [0.15, 0.2) is 54.6 Å². The van der Waals surface area contributed by atoms with Crippen LogP contribution in [0, 0.1) is 0 Å². The van der Waals surface area contributed by atoms with Gasteiger partial charge in [0.15, 0.2) is 0 Å². The lowest BCUT2D eigenvalue weighted by molar-refractivity contribution is -0.122. The predicted molar refractivity (Wildman–Crippen MR) is 107 cm³/mol. The van der Waals surface area contributed by atoms with Gasteiger partial charge in [0.05, 0.1) is 25.1 Å². The Morgan fingerprint density at radius 3 is 2.19 bits per heavy atom. The minimum absolute atomic E-state index is 0.219. The van der Waals surface area contributed by atoms with Gasteiger partial charge in [0.1, 0.15) is 11.8 Å². The third-order valence-corrected chi connectivity index (χ3v) is 5.58. The Balaban J connectivity index is 2.22. The maximum absolute atomic E-state index is 12.8. The average molecular weight is 391 g/mol. The second-order valence-electron chi connectivity index (χ2n) is 6.31. The number of methoxy groups -OCH3 is 1. The van der Waals surface area contributed by atoms with Crippen molar-refractivity contribution < 1.29 is 17.9 Å².